The van der Waals surface area contributed by atoms with Crippen molar-refractivity contribution < 1.29 is 9.21 Å². The molecule has 1 heterocycles. The highest BCUT2D eigenvalue weighted by Crippen LogP contribution is 2.01. The molecule has 1 aromatic rings. The van der Waals surface area contributed by atoms with Crippen LogP contribution < -0.4 is 0 Å². The highest BCUT2D eigenvalue weighted by atomic mass is 16.3. The Kier molecular flexibility index (Phi) is 2.05. The molecule has 0 unspecified atom stereocenters. The molecule has 0 aliphatic heterocycles. The van der Waals surface area contributed by atoms with Crippen molar-refractivity contribution in [1.82, 2.24) is 0 Å². The van der Waals surface area contributed by atoms with E-state index in [4.69, 9.17) is 4.42 Å². The molecule has 0 bridgehead atoms. The van der Waals surface area contributed by atoms with Gasteiger partial charge in [0, 0.05) is 5.56 Å². The third-order valence-corrected chi connectivity index (χ3v) is 1.05. The summed E-state index contributed by atoms with van der Waals surface area (Å²) in [4.78, 5) is 10.4. The van der Waals surface area contributed by atoms with Crippen LogP contribution in [-0.2, 0) is 4.79 Å². The van der Waals surface area contributed by atoms with Crippen LogP contribution in [0.2, 0.25) is 0 Å². The van der Waals surface area contributed by atoms with Crippen LogP contribution in [0.5, 0.6) is 0 Å². The number of carbonyl (C=O) groups is 1. The number of ketones is 1. The van der Waals surface area contributed by atoms with Gasteiger partial charge in [-0.15, -0.1) is 0 Å². The van der Waals surface area contributed by atoms with E-state index in [1.54, 1.807) is 24.7 Å². The Morgan fingerprint density at radius 2 is 2.50 bits per heavy atom. The summed E-state index contributed by atoms with van der Waals surface area (Å²) in [6, 6.07) is 1.79. The molecule has 2 nitrogen and oxygen atoms in total. The van der Waals surface area contributed by atoms with Crippen molar-refractivity contribution in [2.24, 2.45) is 0 Å². The van der Waals surface area contributed by atoms with Gasteiger partial charge >= 0.3 is 0 Å². The molecular formula is C8H8O2. The molecule has 0 radical (unpaired) electrons. The predicted molar refractivity (Wildman–Crippen MR) is 38.4 cm³/mol. The molecule has 0 aliphatic rings. The lowest BCUT2D eigenvalue weighted by Crippen LogP contribution is -1.77. The lowest BCUT2D eigenvalue weighted by atomic mass is 10.3. The Morgan fingerprint density at radius 3 is 3.00 bits per heavy atom. The molecule has 0 aromatic carbocycles. The fourth-order valence-corrected chi connectivity index (χ4v) is 0.583. The van der Waals surface area contributed by atoms with E-state index in [1.165, 1.54) is 13.0 Å². The molecule has 0 N–H and O–H groups in total. The fourth-order valence-electron chi connectivity index (χ4n) is 0.583. The van der Waals surface area contributed by atoms with Crippen molar-refractivity contribution >= 4 is 11.9 Å². The largest absolute Gasteiger partial charge is 0.472 e. The first-order valence-electron chi connectivity index (χ1n) is 3.00. The second-order valence-corrected chi connectivity index (χ2v) is 2.00. The molecule has 0 saturated heterocycles. The first-order chi connectivity index (χ1) is 4.79. The van der Waals surface area contributed by atoms with E-state index in [1.807, 2.05) is 0 Å². The smallest absolute Gasteiger partial charge is 0.152 e. The topological polar surface area (TPSA) is 30.2 Å². The van der Waals surface area contributed by atoms with Gasteiger partial charge in [-0.3, -0.25) is 4.79 Å². The summed E-state index contributed by atoms with van der Waals surface area (Å²) in [5.74, 6) is 0.0428. The maximum Gasteiger partial charge on any atom is 0.152 e. The third kappa shape index (κ3) is 1.90. The molecule has 0 amide bonds. The van der Waals surface area contributed by atoms with E-state index in [2.05, 4.69) is 0 Å². The van der Waals surface area contributed by atoms with E-state index in [-0.39, 0.29) is 5.78 Å². The van der Waals surface area contributed by atoms with Crippen molar-refractivity contribution in [3.63, 3.8) is 0 Å². The molecule has 1 aromatic heterocycles. The first-order valence-corrected chi connectivity index (χ1v) is 3.00. The summed E-state index contributed by atoms with van der Waals surface area (Å²) >= 11 is 0. The normalized spacial score (nSPS) is 10.5. The average molecular weight is 136 g/mol. The maximum absolute atomic E-state index is 10.4. The van der Waals surface area contributed by atoms with Gasteiger partial charge in [0.05, 0.1) is 12.5 Å². The van der Waals surface area contributed by atoms with Crippen molar-refractivity contribution in [2.45, 2.75) is 6.92 Å². The minimum Gasteiger partial charge on any atom is -0.472 e. The van der Waals surface area contributed by atoms with Crippen LogP contribution in [0.1, 0.15) is 12.5 Å². The summed E-state index contributed by atoms with van der Waals surface area (Å²) < 4.78 is 4.78. The number of rotatable bonds is 2. The Morgan fingerprint density at radius 1 is 1.70 bits per heavy atom. The van der Waals surface area contributed by atoms with Crippen molar-refractivity contribution in [3.05, 3.63) is 30.2 Å². The quantitative estimate of drug-likeness (QED) is 0.581. The molecule has 10 heavy (non-hydrogen) atoms. The minimum absolute atomic E-state index is 0.0428. The Bertz CT molecular complexity index is 232. The maximum atomic E-state index is 10.4. The summed E-state index contributed by atoms with van der Waals surface area (Å²) in [5.41, 5.74) is 0.912. The van der Waals surface area contributed by atoms with Gasteiger partial charge in [-0.2, -0.15) is 0 Å². The number of furan rings is 1. The lowest BCUT2D eigenvalue weighted by molar-refractivity contribution is -0.112. The summed E-state index contributed by atoms with van der Waals surface area (Å²) in [5, 5.41) is 0. The van der Waals surface area contributed by atoms with Gasteiger partial charge in [-0.1, -0.05) is 0 Å². The molecule has 0 saturated carbocycles. The zero-order valence-corrected chi connectivity index (χ0v) is 5.70. The molecule has 0 atom stereocenters. The molecule has 2 heteroatoms. The summed E-state index contributed by atoms with van der Waals surface area (Å²) in [6.45, 7) is 1.51. The van der Waals surface area contributed by atoms with Crippen molar-refractivity contribution in [3.8, 4) is 0 Å². The van der Waals surface area contributed by atoms with E-state index < -0.39 is 0 Å². The van der Waals surface area contributed by atoms with Gasteiger partial charge in [0.25, 0.3) is 0 Å². The average Bonchev–Trinajstić information content (AvgIpc) is 2.34. The Hall–Kier alpha value is -1.31. The van der Waals surface area contributed by atoms with Crippen LogP contribution in [0.15, 0.2) is 29.1 Å². The highest BCUT2D eigenvalue weighted by Gasteiger charge is 1.86. The molecule has 52 valence electrons. The number of allylic oxidation sites excluding steroid dienone is 1. The Labute approximate surface area is 59.2 Å². The van der Waals surface area contributed by atoms with Gasteiger partial charge in [0.1, 0.15) is 0 Å². The van der Waals surface area contributed by atoms with Crippen LogP contribution in [0.3, 0.4) is 0 Å². The van der Waals surface area contributed by atoms with Gasteiger partial charge in [0.2, 0.25) is 0 Å². The Balaban J connectivity index is 2.64. The van der Waals surface area contributed by atoms with E-state index in [0.717, 1.165) is 5.56 Å². The standard InChI is InChI=1S/C8H8O2/c1-7(9)2-3-8-4-5-10-6-8/h2-6H,1H3. The zero-order valence-electron chi connectivity index (χ0n) is 5.70. The second-order valence-electron chi connectivity index (χ2n) is 2.00. The van der Waals surface area contributed by atoms with Gasteiger partial charge in [-0.05, 0) is 25.1 Å². The number of carbonyl (C=O) groups excluding carboxylic acids is 1. The molecule has 1 rings (SSSR count). The van der Waals surface area contributed by atoms with Crippen LogP contribution in [0.25, 0.3) is 6.08 Å². The lowest BCUT2D eigenvalue weighted by Gasteiger charge is -1.78. The van der Waals surface area contributed by atoms with Crippen LogP contribution in [-0.4, -0.2) is 5.78 Å². The fraction of sp³-hybridized carbons (Fsp3) is 0.125. The molecular weight excluding hydrogens is 128 g/mol. The van der Waals surface area contributed by atoms with Crippen molar-refractivity contribution in [1.29, 1.82) is 0 Å². The number of hydrogen-bond acceptors (Lipinski definition) is 2. The van der Waals surface area contributed by atoms with E-state index in [0.29, 0.717) is 0 Å². The van der Waals surface area contributed by atoms with Gasteiger partial charge in [-0.25, -0.2) is 0 Å². The van der Waals surface area contributed by atoms with Crippen LogP contribution >= 0.6 is 0 Å². The third-order valence-electron chi connectivity index (χ3n) is 1.05. The molecule has 0 fully saturated rings. The second kappa shape index (κ2) is 3.01. The monoisotopic (exact) mass is 136 g/mol. The predicted octanol–water partition coefficient (Wildman–Crippen LogP) is 1.88. The SMILES string of the molecule is CC(=O)C=Cc1ccoc1. The van der Waals surface area contributed by atoms with E-state index in [9.17, 15) is 4.79 Å². The zero-order chi connectivity index (χ0) is 7.40. The molecule has 0 aliphatic carbocycles. The van der Waals surface area contributed by atoms with Crippen LogP contribution in [0.4, 0.5) is 0 Å². The first kappa shape index (κ1) is 6.81. The molecule has 0 spiro atoms. The van der Waals surface area contributed by atoms with Crippen LogP contribution in [0, 0.1) is 0 Å². The highest BCUT2D eigenvalue weighted by molar-refractivity contribution is 5.91. The van der Waals surface area contributed by atoms with Gasteiger partial charge in [0.15, 0.2) is 5.78 Å². The number of hydrogen-bond donors (Lipinski definition) is 0. The summed E-state index contributed by atoms with van der Waals surface area (Å²) in [6.07, 6.45) is 6.37. The van der Waals surface area contributed by atoms with Crippen molar-refractivity contribution in [2.75, 3.05) is 0 Å². The van der Waals surface area contributed by atoms with Gasteiger partial charge < -0.3 is 4.42 Å². The minimum atomic E-state index is 0.0428. The van der Waals surface area contributed by atoms with E-state index >= 15 is 0 Å². The summed E-state index contributed by atoms with van der Waals surface area (Å²) in [7, 11) is 0.